The number of ether oxygens (including phenoxy) is 1. The van der Waals surface area contributed by atoms with Crippen LogP contribution in [0.1, 0.15) is 29.6 Å². The molecular formula is C21H24N2O3S2. The second kappa shape index (κ2) is 9.32. The summed E-state index contributed by atoms with van der Waals surface area (Å²) >= 11 is 1.48. The van der Waals surface area contributed by atoms with Gasteiger partial charge in [-0.3, -0.25) is 0 Å². The molecule has 2 aromatic carbocycles. The first-order valence-corrected chi connectivity index (χ1v) is 11.5. The lowest BCUT2D eigenvalue weighted by molar-refractivity contribution is 0.305. The standard InChI is InChI=1S/C21H24N2O3S2/c1-3-13-23(28(24,25)20-11-9-17(2)10-12-20)14-18-16-27-21(22-18)15-26-19-7-5-4-6-8-19/h4-12,16H,3,13-15H2,1-2H3. The van der Waals surface area contributed by atoms with Crippen LogP contribution in [0.3, 0.4) is 0 Å². The molecule has 148 valence electrons. The second-order valence-corrected chi connectivity index (χ2v) is 9.37. The fourth-order valence-corrected chi connectivity index (χ4v) is 4.92. The minimum atomic E-state index is -3.56. The molecule has 0 unspecified atom stereocenters. The lowest BCUT2D eigenvalue weighted by Crippen LogP contribution is -2.31. The monoisotopic (exact) mass is 416 g/mol. The highest BCUT2D eigenvalue weighted by atomic mass is 32.2. The van der Waals surface area contributed by atoms with Gasteiger partial charge in [0.05, 0.1) is 17.1 Å². The van der Waals surface area contributed by atoms with Gasteiger partial charge in [-0.05, 0) is 37.6 Å². The van der Waals surface area contributed by atoms with E-state index in [0.717, 1.165) is 28.4 Å². The molecule has 0 saturated carbocycles. The van der Waals surface area contributed by atoms with Crippen LogP contribution in [0.15, 0.2) is 64.9 Å². The minimum Gasteiger partial charge on any atom is -0.486 e. The summed E-state index contributed by atoms with van der Waals surface area (Å²) in [6.45, 7) is 4.98. The zero-order valence-corrected chi connectivity index (χ0v) is 17.7. The number of hydrogen-bond acceptors (Lipinski definition) is 5. The van der Waals surface area contributed by atoms with Crippen LogP contribution in [0.5, 0.6) is 5.75 Å². The van der Waals surface area contributed by atoms with Crippen molar-refractivity contribution in [1.29, 1.82) is 0 Å². The van der Waals surface area contributed by atoms with Gasteiger partial charge >= 0.3 is 0 Å². The van der Waals surface area contributed by atoms with Crippen molar-refractivity contribution in [3.8, 4) is 5.75 Å². The van der Waals surface area contributed by atoms with Crippen molar-refractivity contribution in [3.05, 3.63) is 76.2 Å². The molecule has 0 radical (unpaired) electrons. The van der Waals surface area contributed by atoms with Gasteiger partial charge in [-0.1, -0.05) is 42.8 Å². The Morgan fingerprint density at radius 3 is 2.46 bits per heavy atom. The van der Waals surface area contributed by atoms with E-state index in [1.165, 1.54) is 15.6 Å². The van der Waals surface area contributed by atoms with Gasteiger partial charge in [-0.15, -0.1) is 11.3 Å². The molecule has 1 aromatic heterocycles. The summed E-state index contributed by atoms with van der Waals surface area (Å²) in [5.41, 5.74) is 1.77. The maximum Gasteiger partial charge on any atom is 0.243 e. The van der Waals surface area contributed by atoms with Crippen molar-refractivity contribution in [2.24, 2.45) is 0 Å². The van der Waals surface area contributed by atoms with Crippen molar-refractivity contribution < 1.29 is 13.2 Å². The predicted octanol–water partition coefficient (Wildman–Crippen LogP) is 4.63. The van der Waals surface area contributed by atoms with Crippen molar-refractivity contribution in [2.45, 2.75) is 38.3 Å². The highest BCUT2D eigenvalue weighted by Gasteiger charge is 2.24. The van der Waals surface area contributed by atoms with Crippen molar-refractivity contribution >= 4 is 21.4 Å². The lowest BCUT2D eigenvalue weighted by Gasteiger charge is -2.21. The minimum absolute atomic E-state index is 0.256. The van der Waals surface area contributed by atoms with Crippen LogP contribution in [-0.2, 0) is 23.2 Å². The number of rotatable bonds is 9. The number of sulfonamides is 1. The number of nitrogens with zero attached hydrogens (tertiary/aromatic N) is 2. The Labute approximate surface area is 170 Å². The zero-order chi connectivity index (χ0) is 20.0. The van der Waals surface area contributed by atoms with Gasteiger partial charge in [-0.25, -0.2) is 13.4 Å². The summed E-state index contributed by atoms with van der Waals surface area (Å²) in [4.78, 5) is 4.87. The summed E-state index contributed by atoms with van der Waals surface area (Å²) < 4.78 is 33.3. The van der Waals surface area contributed by atoms with Crippen LogP contribution in [0.25, 0.3) is 0 Å². The van der Waals surface area contributed by atoms with Crippen LogP contribution in [0, 0.1) is 6.92 Å². The SMILES string of the molecule is CCCN(Cc1csc(COc2ccccc2)n1)S(=O)(=O)c1ccc(C)cc1. The summed E-state index contributed by atoms with van der Waals surface area (Å²) in [6.07, 6.45) is 0.735. The van der Waals surface area contributed by atoms with Gasteiger partial charge in [0, 0.05) is 11.9 Å². The molecular weight excluding hydrogens is 392 g/mol. The summed E-state index contributed by atoms with van der Waals surface area (Å²) in [7, 11) is -3.56. The smallest absolute Gasteiger partial charge is 0.243 e. The zero-order valence-electron chi connectivity index (χ0n) is 16.0. The Hall–Kier alpha value is -2.22. The Kier molecular flexibility index (Phi) is 6.83. The van der Waals surface area contributed by atoms with Crippen LogP contribution in [0.4, 0.5) is 0 Å². The molecule has 0 aliphatic rings. The maximum atomic E-state index is 13.0. The largest absolute Gasteiger partial charge is 0.486 e. The van der Waals surface area contributed by atoms with Gasteiger partial charge in [0.2, 0.25) is 10.0 Å². The second-order valence-electron chi connectivity index (χ2n) is 6.49. The van der Waals surface area contributed by atoms with Gasteiger partial charge in [-0.2, -0.15) is 4.31 Å². The van der Waals surface area contributed by atoms with E-state index in [9.17, 15) is 8.42 Å². The number of benzene rings is 2. The molecule has 0 bridgehead atoms. The first-order chi connectivity index (χ1) is 13.5. The molecule has 7 heteroatoms. The van der Waals surface area contributed by atoms with E-state index in [-0.39, 0.29) is 6.54 Å². The molecule has 3 aromatic rings. The third-order valence-electron chi connectivity index (χ3n) is 4.17. The first kappa shape index (κ1) is 20.5. The van der Waals surface area contributed by atoms with Crippen LogP contribution < -0.4 is 4.74 Å². The number of aryl methyl sites for hydroxylation is 1. The molecule has 0 N–H and O–H groups in total. The number of para-hydroxylation sites is 1. The quantitative estimate of drug-likeness (QED) is 0.510. The Morgan fingerprint density at radius 2 is 1.79 bits per heavy atom. The highest BCUT2D eigenvalue weighted by Crippen LogP contribution is 2.21. The first-order valence-electron chi connectivity index (χ1n) is 9.17. The van der Waals surface area contributed by atoms with Crippen molar-refractivity contribution in [3.63, 3.8) is 0 Å². The fourth-order valence-electron chi connectivity index (χ4n) is 2.72. The Balaban J connectivity index is 1.70. The highest BCUT2D eigenvalue weighted by molar-refractivity contribution is 7.89. The number of hydrogen-bond donors (Lipinski definition) is 0. The van der Waals surface area contributed by atoms with E-state index >= 15 is 0 Å². The van der Waals surface area contributed by atoms with Crippen LogP contribution in [0.2, 0.25) is 0 Å². The van der Waals surface area contributed by atoms with E-state index < -0.39 is 10.0 Å². The topological polar surface area (TPSA) is 59.5 Å². The summed E-state index contributed by atoms with van der Waals surface area (Å²) in [5, 5.41) is 2.72. The predicted molar refractivity (Wildman–Crippen MR) is 112 cm³/mol. The molecule has 0 saturated heterocycles. The van der Waals surface area contributed by atoms with Gasteiger partial charge in [0.1, 0.15) is 17.4 Å². The third-order valence-corrected chi connectivity index (χ3v) is 6.91. The number of aromatic nitrogens is 1. The molecule has 0 fully saturated rings. The third kappa shape index (κ3) is 5.19. The van der Waals surface area contributed by atoms with Crippen molar-refractivity contribution in [1.82, 2.24) is 9.29 Å². The van der Waals surface area contributed by atoms with Gasteiger partial charge < -0.3 is 4.74 Å². The molecule has 28 heavy (non-hydrogen) atoms. The molecule has 0 atom stereocenters. The molecule has 0 aliphatic carbocycles. The van der Waals surface area contributed by atoms with Gasteiger partial charge in [0.15, 0.2) is 0 Å². The summed E-state index contributed by atoms with van der Waals surface area (Å²) in [5.74, 6) is 0.786. The molecule has 0 spiro atoms. The molecule has 0 aliphatic heterocycles. The summed E-state index contributed by atoms with van der Waals surface area (Å²) in [6, 6.07) is 16.5. The Bertz CT molecular complexity index is 984. The molecule has 3 rings (SSSR count). The molecule has 0 amide bonds. The average Bonchev–Trinajstić information content (AvgIpc) is 3.15. The van der Waals surface area contributed by atoms with E-state index in [2.05, 4.69) is 4.98 Å². The Morgan fingerprint density at radius 1 is 1.07 bits per heavy atom. The average molecular weight is 417 g/mol. The fraction of sp³-hybridized carbons (Fsp3) is 0.286. The van der Waals surface area contributed by atoms with E-state index in [1.807, 2.05) is 61.7 Å². The van der Waals surface area contributed by atoms with Crippen LogP contribution >= 0.6 is 11.3 Å². The normalized spacial score (nSPS) is 11.7. The van der Waals surface area contributed by atoms with E-state index in [0.29, 0.717) is 18.0 Å². The number of thiazole rings is 1. The van der Waals surface area contributed by atoms with Crippen molar-refractivity contribution in [2.75, 3.05) is 6.54 Å². The lowest BCUT2D eigenvalue weighted by atomic mass is 10.2. The molecule has 1 heterocycles. The van der Waals surface area contributed by atoms with Gasteiger partial charge in [0.25, 0.3) is 0 Å². The van der Waals surface area contributed by atoms with E-state index in [1.54, 1.807) is 12.1 Å². The molecule has 5 nitrogen and oxygen atoms in total. The van der Waals surface area contributed by atoms with Crippen LogP contribution in [-0.4, -0.2) is 24.3 Å². The maximum absolute atomic E-state index is 13.0. The van der Waals surface area contributed by atoms with E-state index in [4.69, 9.17) is 4.74 Å².